The van der Waals surface area contributed by atoms with Crippen LogP contribution in [-0.4, -0.2) is 0 Å². The zero-order valence-electron chi connectivity index (χ0n) is 13.6. The van der Waals surface area contributed by atoms with Gasteiger partial charge in [-0.3, -0.25) is 0 Å². The average molecular weight is 482 g/mol. The van der Waals surface area contributed by atoms with Gasteiger partial charge in [0.2, 0.25) is 0 Å². The van der Waals surface area contributed by atoms with Crippen LogP contribution in [0.2, 0.25) is 0 Å². The number of halogens is 7. The van der Waals surface area contributed by atoms with E-state index < -0.39 is 7.81 Å². The van der Waals surface area contributed by atoms with Crippen molar-refractivity contribution in [3.8, 4) is 0 Å². The molecule has 2 rings (SSSR count). The van der Waals surface area contributed by atoms with Crippen LogP contribution in [0.4, 0.5) is 25.2 Å². The van der Waals surface area contributed by atoms with Gasteiger partial charge in [0.15, 0.2) is 7.14 Å². The van der Waals surface area contributed by atoms with Gasteiger partial charge in [-0.1, -0.05) is 24.3 Å². The molecule has 0 spiro atoms. The van der Waals surface area contributed by atoms with Crippen LogP contribution in [0.5, 0.6) is 0 Å². The number of hydrogen-bond donors (Lipinski definition) is 0. The van der Waals surface area contributed by atoms with Crippen molar-refractivity contribution in [3.05, 3.63) is 65.8 Å². The Morgan fingerprint density at radius 1 is 0.625 bits per heavy atom. The Balaban J connectivity index is 0.000000351. The second-order valence-corrected chi connectivity index (χ2v) is 10.3. The molecule has 0 aromatic heterocycles. The Labute approximate surface area is 147 Å². The van der Waals surface area contributed by atoms with E-state index in [1.54, 1.807) is 7.14 Å². The van der Waals surface area contributed by atoms with Crippen LogP contribution in [-0.2, 0) is 0 Å². The van der Waals surface area contributed by atoms with Gasteiger partial charge in [-0.2, -0.15) is 0 Å². The zero-order chi connectivity index (χ0) is 18.8. The van der Waals surface area contributed by atoms with Crippen molar-refractivity contribution >= 4 is 7.81 Å². The predicted octanol–water partition coefficient (Wildman–Crippen LogP) is 4.43. The van der Waals surface area contributed by atoms with E-state index in [0.717, 1.165) is 0 Å². The van der Waals surface area contributed by atoms with Crippen LogP contribution in [0.25, 0.3) is 0 Å². The summed E-state index contributed by atoms with van der Waals surface area (Å²) in [5, 5.41) is 0. The molecule has 0 bridgehead atoms. The van der Waals surface area contributed by atoms with E-state index in [0.29, 0.717) is 0 Å². The fraction of sp³-hybridized carbons (Fsp3) is 0.250. The Morgan fingerprint density at radius 2 is 0.917 bits per heavy atom. The van der Waals surface area contributed by atoms with Gasteiger partial charge < -0.3 is 0 Å². The number of rotatable bonds is 2. The summed E-state index contributed by atoms with van der Waals surface area (Å²) in [4.78, 5) is 0. The molecule has 0 amide bonds. The molecule has 0 atom stereocenters. The number of benzene rings is 2. The molecule has 24 heavy (non-hydrogen) atoms. The Kier molecular flexibility index (Phi) is 5.73. The molecule has 0 saturated heterocycles. The molecule has 0 heterocycles. The van der Waals surface area contributed by atoms with E-state index in [1.165, 1.54) is 22.3 Å². The Bertz CT molecular complexity index is 677. The number of hydrogen-bond acceptors (Lipinski definition) is 0. The van der Waals surface area contributed by atoms with E-state index in [4.69, 9.17) is 0 Å². The van der Waals surface area contributed by atoms with Crippen molar-refractivity contribution in [2.24, 2.45) is 0 Å². The van der Waals surface area contributed by atoms with Crippen molar-refractivity contribution in [3.63, 3.8) is 0 Å². The SMILES string of the molecule is Cc1ccc(C)c([I+]c2cc(C)ccc2C)c1.F[P-](F)(F)(F)(F)F. The first-order chi connectivity index (χ1) is 10.5. The molecule has 0 nitrogen and oxygen atoms in total. The molecule has 0 fully saturated rings. The van der Waals surface area contributed by atoms with Gasteiger partial charge in [-0.05, 0) is 51.0 Å². The summed E-state index contributed by atoms with van der Waals surface area (Å²) in [6, 6.07) is 13.6. The molecule has 0 unspecified atom stereocenters. The van der Waals surface area contributed by atoms with Gasteiger partial charge in [-0.15, -0.1) is 0 Å². The van der Waals surface area contributed by atoms with Crippen molar-refractivity contribution in [2.45, 2.75) is 27.7 Å². The summed E-state index contributed by atoms with van der Waals surface area (Å²) < 4.78 is 62.3. The van der Waals surface area contributed by atoms with Gasteiger partial charge in [0.25, 0.3) is 0 Å². The summed E-state index contributed by atoms with van der Waals surface area (Å²) in [5.41, 5.74) is 5.61. The summed E-state index contributed by atoms with van der Waals surface area (Å²) in [7, 11) is -10.7. The van der Waals surface area contributed by atoms with E-state index in [-0.39, 0.29) is 21.2 Å². The van der Waals surface area contributed by atoms with Crippen LogP contribution >= 0.6 is 7.81 Å². The molecule has 2 aromatic rings. The van der Waals surface area contributed by atoms with E-state index >= 15 is 0 Å². The molecular formula is C16H18F6IP. The topological polar surface area (TPSA) is 0 Å². The normalized spacial score (nSPS) is 14.2. The molecule has 8 heteroatoms. The summed E-state index contributed by atoms with van der Waals surface area (Å²) in [6.45, 7) is 8.80. The van der Waals surface area contributed by atoms with Crippen LogP contribution in [0, 0.1) is 34.8 Å². The van der Waals surface area contributed by atoms with Crippen molar-refractivity contribution < 1.29 is 46.4 Å². The first kappa shape index (κ1) is 21.2. The Hall–Kier alpha value is -0.820. The van der Waals surface area contributed by atoms with E-state index in [2.05, 4.69) is 64.1 Å². The van der Waals surface area contributed by atoms with Gasteiger partial charge in [-0.25, -0.2) is 0 Å². The molecule has 0 radical (unpaired) electrons. The summed E-state index contributed by atoms with van der Waals surface area (Å²) in [6.07, 6.45) is 0. The predicted molar refractivity (Wildman–Crippen MR) is 82.8 cm³/mol. The molecular weight excluding hydrogens is 464 g/mol. The molecule has 2 aromatic carbocycles. The average Bonchev–Trinajstić information content (AvgIpc) is 2.34. The minimum absolute atomic E-state index is 0.0483. The molecule has 0 aliphatic rings. The first-order valence-corrected chi connectivity index (χ1v) is 11.1. The monoisotopic (exact) mass is 482 g/mol. The van der Waals surface area contributed by atoms with Gasteiger partial charge in [0.1, 0.15) is 0 Å². The van der Waals surface area contributed by atoms with Crippen molar-refractivity contribution in [1.82, 2.24) is 0 Å². The van der Waals surface area contributed by atoms with E-state index in [9.17, 15) is 25.2 Å². The van der Waals surface area contributed by atoms with Gasteiger partial charge >= 0.3 is 54.2 Å². The van der Waals surface area contributed by atoms with Crippen LogP contribution in [0.3, 0.4) is 0 Å². The molecule has 0 N–H and O–H groups in total. The third kappa shape index (κ3) is 10.1. The molecule has 0 saturated carbocycles. The van der Waals surface area contributed by atoms with Crippen LogP contribution < -0.4 is 21.2 Å². The molecule has 0 aliphatic carbocycles. The maximum absolute atomic E-state index is 10.7. The van der Waals surface area contributed by atoms with Crippen molar-refractivity contribution in [2.75, 3.05) is 0 Å². The number of aryl methyl sites for hydroxylation is 4. The second kappa shape index (κ2) is 6.48. The Morgan fingerprint density at radius 3 is 1.21 bits per heavy atom. The second-order valence-electron chi connectivity index (χ2n) is 5.56. The maximum atomic E-state index is 9.87. The summed E-state index contributed by atoms with van der Waals surface area (Å²) in [5.74, 6) is 0. The fourth-order valence-corrected chi connectivity index (χ4v) is 4.84. The first-order valence-electron chi connectivity index (χ1n) is 6.87. The third-order valence-electron chi connectivity index (χ3n) is 2.86. The fourth-order valence-electron chi connectivity index (χ4n) is 1.71. The van der Waals surface area contributed by atoms with Gasteiger partial charge in [0.05, 0.1) is 0 Å². The quantitative estimate of drug-likeness (QED) is 0.338. The summed E-state index contributed by atoms with van der Waals surface area (Å²) >= 11 is -0.0483. The van der Waals surface area contributed by atoms with Gasteiger partial charge in [0, 0.05) is 11.1 Å². The standard InChI is InChI=1S/C16H18I.F6P/c1-11-5-7-13(3)15(9-11)17-16-10-12(2)6-8-14(16)4;1-7(2,3,4,5)6/h5-10H,1-4H3;/q+1;-1. The molecule has 136 valence electrons. The third-order valence-corrected chi connectivity index (χ3v) is 6.34. The van der Waals surface area contributed by atoms with E-state index in [1.807, 2.05) is 0 Å². The molecule has 0 aliphatic heterocycles. The minimum atomic E-state index is -10.7. The van der Waals surface area contributed by atoms with Crippen LogP contribution in [0.15, 0.2) is 36.4 Å². The van der Waals surface area contributed by atoms with Crippen LogP contribution in [0.1, 0.15) is 22.3 Å². The van der Waals surface area contributed by atoms with Crippen molar-refractivity contribution in [1.29, 1.82) is 0 Å². The zero-order valence-corrected chi connectivity index (χ0v) is 16.6.